The molecule has 1 atom stereocenters. The first-order valence-corrected chi connectivity index (χ1v) is 8.46. The Labute approximate surface area is 142 Å². The molecule has 1 aromatic heterocycles. The first kappa shape index (κ1) is 16.5. The summed E-state index contributed by atoms with van der Waals surface area (Å²) in [5.74, 6) is 1.97. The van der Waals surface area contributed by atoms with E-state index in [1.807, 2.05) is 37.3 Å². The molecule has 0 radical (unpaired) electrons. The Balaban J connectivity index is 1.77. The van der Waals surface area contributed by atoms with Gasteiger partial charge in [0, 0.05) is 6.92 Å². The summed E-state index contributed by atoms with van der Waals surface area (Å²) in [6, 6.07) is 16.2. The van der Waals surface area contributed by atoms with Crippen molar-refractivity contribution in [3.05, 3.63) is 59.9 Å². The van der Waals surface area contributed by atoms with Crippen molar-refractivity contribution in [2.24, 2.45) is 0 Å². The van der Waals surface area contributed by atoms with E-state index in [2.05, 4.69) is 41.2 Å². The molecule has 0 fully saturated rings. The van der Waals surface area contributed by atoms with E-state index in [0.717, 1.165) is 29.2 Å². The van der Waals surface area contributed by atoms with Gasteiger partial charge in [-0.3, -0.25) is 0 Å². The smallest absolute Gasteiger partial charge is 0.254 e. The predicted molar refractivity (Wildman–Crippen MR) is 95.2 cm³/mol. The number of fused-ring (bicyclic) bond motifs is 1. The van der Waals surface area contributed by atoms with Crippen LogP contribution < -0.4 is 9.30 Å². The Morgan fingerprint density at radius 2 is 1.79 bits per heavy atom. The molecular weight excluding hydrogens is 300 g/mol. The van der Waals surface area contributed by atoms with Gasteiger partial charge in [0.1, 0.15) is 25.0 Å². The van der Waals surface area contributed by atoms with Gasteiger partial charge < -0.3 is 9.84 Å². The minimum Gasteiger partial charge on any atom is -0.490 e. The number of hydrogen-bond acceptors (Lipinski definition) is 2. The van der Waals surface area contributed by atoms with E-state index >= 15 is 0 Å². The number of para-hydroxylation sites is 3. The molecule has 0 aliphatic carbocycles. The molecule has 0 spiro atoms. The van der Waals surface area contributed by atoms with Gasteiger partial charge >= 0.3 is 0 Å². The van der Waals surface area contributed by atoms with Crippen LogP contribution in [0.2, 0.25) is 0 Å². The van der Waals surface area contributed by atoms with E-state index in [-0.39, 0.29) is 6.61 Å². The van der Waals surface area contributed by atoms with Gasteiger partial charge in [0.05, 0.1) is 6.54 Å². The van der Waals surface area contributed by atoms with Crippen LogP contribution in [-0.4, -0.2) is 22.4 Å². The highest BCUT2D eigenvalue weighted by atomic mass is 16.5. The summed E-state index contributed by atoms with van der Waals surface area (Å²) in [6.45, 7) is 7.96. The summed E-state index contributed by atoms with van der Waals surface area (Å²) >= 11 is 0. The lowest BCUT2D eigenvalue weighted by molar-refractivity contribution is -0.685. The lowest BCUT2D eigenvalue weighted by atomic mass is 10.2. The van der Waals surface area contributed by atoms with Crippen LogP contribution >= 0.6 is 0 Å². The number of hydrogen-bond donors (Lipinski definition) is 1. The molecule has 3 aromatic rings. The predicted octanol–water partition coefficient (Wildman–Crippen LogP) is 3.01. The number of benzene rings is 2. The fourth-order valence-corrected chi connectivity index (χ4v) is 3.21. The third-order valence-corrected chi connectivity index (χ3v) is 4.48. The fourth-order valence-electron chi connectivity index (χ4n) is 3.21. The van der Waals surface area contributed by atoms with Crippen molar-refractivity contribution in [2.45, 2.75) is 40.0 Å². The van der Waals surface area contributed by atoms with Crippen molar-refractivity contribution in [1.29, 1.82) is 0 Å². The second kappa shape index (κ2) is 7.05. The number of nitrogens with zero attached hydrogens (tertiary/aromatic N) is 2. The molecule has 4 heteroatoms. The molecule has 0 unspecified atom stereocenters. The van der Waals surface area contributed by atoms with Crippen LogP contribution in [0, 0.1) is 13.8 Å². The van der Waals surface area contributed by atoms with E-state index in [0.29, 0.717) is 6.54 Å². The largest absolute Gasteiger partial charge is 0.490 e. The van der Waals surface area contributed by atoms with Crippen LogP contribution in [0.3, 0.4) is 0 Å². The van der Waals surface area contributed by atoms with Crippen LogP contribution in [0.5, 0.6) is 5.75 Å². The summed E-state index contributed by atoms with van der Waals surface area (Å²) in [5.41, 5.74) is 3.42. The first-order chi connectivity index (χ1) is 11.6. The Morgan fingerprint density at radius 1 is 1.08 bits per heavy atom. The Hall–Kier alpha value is -2.33. The van der Waals surface area contributed by atoms with Gasteiger partial charge in [0.15, 0.2) is 11.0 Å². The lowest BCUT2D eigenvalue weighted by Crippen LogP contribution is -2.44. The lowest BCUT2D eigenvalue weighted by Gasteiger charge is -2.13. The van der Waals surface area contributed by atoms with Crippen molar-refractivity contribution in [2.75, 3.05) is 6.61 Å². The molecular formula is C20H25N2O2+. The van der Waals surface area contributed by atoms with Crippen LogP contribution in [0.15, 0.2) is 48.5 Å². The molecule has 0 amide bonds. The first-order valence-electron chi connectivity index (χ1n) is 8.46. The minimum atomic E-state index is -0.565. The van der Waals surface area contributed by atoms with E-state index in [1.54, 1.807) is 0 Å². The van der Waals surface area contributed by atoms with Crippen molar-refractivity contribution < 1.29 is 14.4 Å². The van der Waals surface area contributed by atoms with Crippen LogP contribution in [0.4, 0.5) is 0 Å². The van der Waals surface area contributed by atoms with E-state index in [4.69, 9.17) is 4.74 Å². The van der Waals surface area contributed by atoms with E-state index in [1.165, 1.54) is 5.52 Å². The van der Waals surface area contributed by atoms with E-state index in [9.17, 15) is 5.11 Å². The standard InChI is InChI=1S/C20H25N2O2/c1-4-21-16(3)22(19-11-7-6-10-18(19)21)13-17(23)14-24-20-12-8-5-9-15(20)2/h5-12,17,23H,4,13-14H2,1-3H3/q+1/t17-/m1/s1. The zero-order valence-electron chi connectivity index (χ0n) is 14.6. The molecule has 0 aliphatic rings. The third kappa shape index (κ3) is 3.15. The fraction of sp³-hybridized carbons (Fsp3) is 0.350. The van der Waals surface area contributed by atoms with Crippen LogP contribution in [0.1, 0.15) is 18.3 Å². The van der Waals surface area contributed by atoms with E-state index < -0.39 is 6.10 Å². The minimum absolute atomic E-state index is 0.281. The zero-order chi connectivity index (χ0) is 17.1. The molecule has 126 valence electrons. The number of aromatic nitrogens is 2. The van der Waals surface area contributed by atoms with Crippen LogP contribution in [-0.2, 0) is 13.1 Å². The molecule has 3 rings (SSSR count). The van der Waals surface area contributed by atoms with Gasteiger partial charge in [0.2, 0.25) is 0 Å². The molecule has 4 nitrogen and oxygen atoms in total. The van der Waals surface area contributed by atoms with Crippen molar-refractivity contribution in [3.8, 4) is 5.75 Å². The maximum atomic E-state index is 10.5. The van der Waals surface area contributed by atoms with Gasteiger partial charge in [-0.15, -0.1) is 0 Å². The monoisotopic (exact) mass is 325 g/mol. The Morgan fingerprint density at radius 3 is 2.54 bits per heavy atom. The average Bonchev–Trinajstić information content (AvgIpc) is 2.86. The highest BCUT2D eigenvalue weighted by Gasteiger charge is 2.22. The molecule has 0 saturated carbocycles. The van der Waals surface area contributed by atoms with Gasteiger partial charge in [-0.2, -0.15) is 0 Å². The molecule has 24 heavy (non-hydrogen) atoms. The van der Waals surface area contributed by atoms with Crippen LogP contribution in [0.25, 0.3) is 11.0 Å². The summed E-state index contributed by atoms with van der Waals surface area (Å²) in [4.78, 5) is 0. The summed E-state index contributed by atoms with van der Waals surface area (Å²) in [7, 11) is 0. The third-order valence-electron chi connectivity index (χ3n) is 4.48. The van der Waals surface area contributed by atoms with Crippen molar-refractivity contribution in [1.82, 2.24) is 4.57 Å². The summed E-state index contributed by atoms with van der Waals surface area (Å²) in [6.07, 6.45) is -0.565. The molecule has 1 heterocycles. The molecule has 2 aromatic carbocycles. The normalized spacial score (nSPS) is 12.5. The highest BCUT2D eigenvalue weighted by molar-refractivity contribution is 5.72. The number of aryl methyl sites for hydroxylation is 2. The van der Waals surface area contributed by atoms with Gasteiger partial charge in [-0.1, -0.05) is 30.3 Å². The van der Waals surface area contributed by atoms with Gasteiger partial charge in [-0.05, 0) is 37.6 Å². The quantitative estimate of drug-likeness (QED) is 0.708. The summed E-state index contributed by atoms with van der Waals surface area (Å²) in [5, 5.41) is 10.5. The number of ether oxygens (including phenoxy) is 1. The average molecular weight is 325 g/mol. The summed E-state index contributed by atoms with van der Waals surface area (Å²) < 4.78 is 10.2. The second-order valence-corrected chi connectivity index (χ2v) is 6.12. The number of aliphatic hydroxyl groups excluding tert-OH is 1. The Bertz CT molecular complexity index is 839. The maximum Gasteiger partial charge on any atom is 0.254 e. The molecule has 0 bridgehead atoms. The molecule has 0 aliphatic heterocycles. The number of aliphatic hydroxyl groups is 1. The zero-order valence-corrected chi connectivity index (χ0v) is 14.6. The topological polar surface area (TPSA) is 38.3 Å². The van der Waals surface area contributed by atoms with Gasteiger partial charge in [-0.25, -0.2) is 9.13 Å². The number of imidazole rings is 1. The Kier molecular flexibility index (Phi) is 4.86. The van der Waals surface area contributed by atoms with Crippen molar-refractivity contribution >= 4 is 11.0 Å². The SMILES string of the molecule is CCn1c(C)[n+](C[C@@H](O)COc2ccccc2C)c2ccccc21. The highest BCUT2D eigenvalue weighted by Crippen LogP contribution is 2.17. The van der Waals surface area contributed by atoms with Crippen molar-refractivity contribution in [3.63, 3.8) is 0 Å². The molecule has 0 saturated heterocycles. The van der Waals surface area contributed by atoms with Gasteiger partial charge in [0.25, 0.3) is 5.82 Å². The second-order valence-electron chi connectivity index (χ2n) is 6.12. The molecule has 1 N–H and O–H groups in total. The number of rotatable bonds is 6. The maximum absolute atomic E-state index is 10.5.